The number of carboxylic acid groups (broad SMARTS) is 1. The van der Waals surface area contributed by atoms with Gasteiger partial charge in [-0.3, -0.25) is 9.59 Å². The Morgan fingerprint density at radius 1 is 1.53 bits per heavy atom. The second-order valence-corrected chi connectivity index (χ2v) is 3.78. The summed E-state index contributed by atoms with van der Waals surface area (Å²) in [6.07, 6.45) is -0.0837. The van der Waals surface area contributed by atoms with Gasteiger partial charge in [-0.05, 0) is 6.92 Å². The van der Waals surface area contributed by atoms with E-state index >= 15 is 0 Å². The molecule has 7 nitrogen and oxygen atoms in total. The van der Waals surface area contributed by atoms with Gasteiger partial charge in [0.25, 0.3) is 0 Å². The maximum atomic E-state index is 12.0. The number of piperazine rings is 1. The number of urea groups is 1. The molecule has 2 N–H and O–H groups in total. The Kier molecular flexibility index (Phi) is 4.74. The standard InChI is InChI=1S/C10H17N3O4/c1-2-12(5-3-9(15)16)10(17)13-6-4-11-8(14)7-13/h2-7H2,1H3,(H,11,14)(H,15,16). The SMILES string of the molecule is CCN(CCC(=O)O)C(=O)N1CCNC(=O)C1. The van der Waals surface area contributed by atoms with Gasteiger partial charge in [0.1, 0.15) is 6.54 Å². The Balaban J connectivity index is 2.52. The maximum absolute atomic E-state index is 12.0. The Morgan fingerprint density at radius 2 is 2.24 bits per heavy atom. The molecule has 96 valence electrons. The third-order valence-corrected chi connectivity index (χ3v) is 2.56. The molecule has 1 heterocycles. The largest absolute Gasteiger partial charge is 0.481 e. The molecule has 1 fully saturated rings. The van der Waals surface area contributed by atoms with Gasteiger partial charge < -0.3 is 20.2 Å². The van der Waals surface area contributed by atoms with Crippen molar-refractivity contribution in [3.05, 3.63) is 0 Å². The highest BCUT2D eigenvalue weighted by atomic mass is 16.4. The van der Waals surface area contributed by atoms with Crippen LogP contribution in [0.25, 0.3) is 0 Å². The zero-order valence-corrected chi connectivity index (χ0v) is 9.81. The van der Waals surface area contributed by atoms with Gasteiger partial charge in [0.05, 0.1) is 6.42 Å². The predicted molar refractivity (Wildman–Crippen MR) is 59.5 cm³/mol. The van der Waals surface area contributed by atoms with Crippen LogP contribution in [0.15, 0.2) is 0 Å². The highest BCUT2D eigenvalue weighted by Gasteiger charge is 2.24. The van der Waals surface area contributed by atoms with Gasteiger partial charge in [-0.15, -0.1) is 0 Å². The summed E-state index contributed by atoms with van der Waals surface area (Å²) < 4.78 is 0. The Bertz CT molecular complexity index is 319. The third-order valence-electron chi connectivity index (χ3n) is 2.56. The number of hydrogen-bond acceptors (Lipinski definition) is 3. The molecule has 0 spiro atoms. The van der Waals surface area contributed by atoms with Crippen LogP contribution in [-0.2, 0) is 9.59 Å². The van der Waals surface area contributed by atoms with Crippen LogP contribution in [0.1, 0.15) is 13.3 Å². The summed E-state index contributed by atoms with van der Waals surface area (Å²) in [4.78, 5) is 36.4. The molecule has 17 heavy (non-hydrogen) atoms. The number of carbonyl (C=O) groups excluding carboxylic acids is 2. The summed E-state index contributed by atoms with van der Waals surface area (Å²) in [7, 11) is 0. The fourth-order valence-electron chi connectivity index (χ4n) is 1.62. The van der Waals surface area contributed by atoms with Crippen molar-refractivity contribution in [1.82, 2.24) is 15.1 Å². The van der Waals surface area contributed by atoms with Crippen LogP contribution in [-0.4, -0.2) is 65.5 Å². The van der Waals surface area contributed by atoms with Gasteiger partial charge in [-0.25, -0.2) is 4.79 Å². The number of nitrogens with one attached hydrogen (secondary N) is 1. The van der Waals surface area contributed by atoms with Crippen molar-refractivity contribution in [1.29, 1.82) is 0 Å². The van der Waals surface area contributed by atoms with E-state index in [-0.39, 0.29) is 31.4 Å². The first-order valence-electron chi connectivity index (χ1n) is 5.57. The number of nitrogens with zero attached hydrogens (tertiary/aromatic N) is 2. The second kappa shape index (κ2) is 6.07. The van der Waals surface area contributed by atoms with Crippen LogP contribution in [0.5, 0.6) is 0 Å². The van der Waals surface area contributed by atoms with E-state index in [0.717, 1.165) is 0 Å². The van der Waals surface area contributed by atoms with E-state index in [1.807, 2.05) is 0 Å². The van der Waals surface area contributed by atoms with Crippen LogP contribution in [0.4, 0.5) is 4.79 Å². The van der Waals surface area contributed by atoms with Crippen molar-refractivity contribution in [3.8, 4) is 0 Å². The topological polar surface area (TPSA) is 90.0 Å². The summed E-state index contributed by atoms with van der Waals surface area (Å²) in [5.41, 5.74) is 0. The van der Waals surface area contributed by atoms with Crippen LogP contribution in [0.3, 0.4) is 0 Å². The second-order valence-electron chi connectivity index (χ2n) is 3.78. The van der Waals surface area contributed by atoms with Crippen molar-refractivity contribution in [2.75, 3.05) is 32.7 Å². The van der Waals surface area contributed by atoms with Crippen molar-refractivity contribution in [2.45, 2.75) is 13.3 Å². The molecule has 1 aliphatic heterocycles. The smallest absolute Gasteiger partial charge is 0.320 e. The molecule has 0 aromatic heterocycles. The molecular formula is C10H17N3O4. The molecule has 0 aromatic rings. The first-order chi connectivity index (χ1) is 8.04. The molecule has 0 bridgehead atoms. The minimum atomic E-state index is -0.937. The number of aliphatic carboxylic acids is 1. The first-order valence-corrected chi connectivity index (χ1v) is 5.57. The van der Waals surface area contributed by atoms with Gasteiger partial charge in [-0.1, -0.05) is 0 Å². The fourth-order valence-corrected chi connectivity index (χ4v) is 1.62. The Labute approximate surface area is 99.4 Å². The van der Waals surface area contributed by atoms with Crippen LogP contribution < -0.4 is 5.32 Å². The van der Waals surface area contributed by atoms with Crippen molar-refractivity contribution < 1.29 is 19.5 Å². The molecule has 1 saturated heterocycles. The molecule has 1 rings (SSSR count). The van der Waals surface area contributed by atoms with Gasteiger partial charge in [0.2, 0.25) is 5.91 Å². The predicted octanol–water partition coefficient (Wildman–Crippen LogP) is -0.665. The monoisotopic (exact) mass is 243 g/mol. The quantitative estimate of drug-likeness (QED) is 0.685. The molecular weight excluding hydrogens is 226 g/mol. The minimum absolute atomic E-state index is 0.0441. The van der Waals surface area contributed by atoms with Crippen molar-refractivity contribution in [2.24, 2.45) is 0 Å². The minimum Gasteiger partial charge on any atom is -0.481 e. The molecule has 0 atom stereocenters. The lowest BCUT2D eigenvalue weighted by atomic mass is 10.3. The highest BCUT2D eigenvalue weighted by Crippen LogP contribution is 2.02. The van der Waals surface area contributed by atoms with Gasteiger partial charge in [0, 0.05) is 26.2 Å². The number of amides is 3. The van der Waals surface area contributed by atoms with E-state index in [1.54, 1.807) is 6.92 Å². The summed E-state index contributed by atoms with van der Waals surface area (Å²) in [6.45, 7) is 3.34. The number of carbonyl (C=O) groups is 3. The average molecular weight is 243 g/mol. The zero-order valence-electron chi connectivity index (χ0n) is 9.81. The molecule has 0 unspecified atom stereocenters. The van der Waals surface area contributed by atoms with Crippen LogP contribution in [0, 0.1) is 0 Å². The Hall–Kier alpha value is -1.79. The van der Waals surface area contributed by atoms with Gasteiger partial charge in [-0.2, -0.15) is 0 Å². The fraction of sp³-hybridized carbons (Fsp3) is 0.700. The van der Waals surface area contributed by atoms with E-state index in [1.165, 1.54) is 9.80 Å². The number of hydrogen-bond donors (Lipinski definition) is 2. The van der Waals surface area contributed by atoms with E-state index in [0.29, 0.717) is 19.6 Å². The molecule has 7 heteroatoms. The van der Waals surface area contributed by atoms with E-state index < -0.39 is 5.97 Å². The molecule has 0 aromatic carbocycles. The lowest BCUT2D eigenvalue weighted by molar-refractivity contribution is -0.137. The lowest BCUT2D eigenvalue weighted by Crippen LogP contribution is -2.54. The number of rotatable bonds is 4. The third kappa shape index (κ3) is 3.93. The maximum Gasteiger partial charge on any atom is 0.320 e. The Morgan fingerprint density at radius 3 is 2.76 bits per heavy atom. The summed E-state index contributed by atoms with van der Waals surface area (Å²) in [5.74, 6) is -1.12. The molecule has 0 saturated carbocycles. The summed E-state index contributed by atoms with van der Waals surface area (Å²) in [5, 5.41) is 11.2. The molecule has 0 radical (unpaired) electrons. The van der Waals surface area contributed by atoms with Crippen molar-refractivity contribution in [3.63, 3.8) is 0 Å². The molecule has 1 aliphatic rings. The number of carboxylic acids is 1. The highest BCUT2D eigenvalue weighted by molar-refractivity contribution is 5.85. The van der Waals surface area contributed by atoms with E-state index in [4.69, 9.17) is 5.11 Å². The summed E-state index contributed by atoms with van der Waals surface area (Å²) in [6, 6.07) is -0.274. The molecule has 0 aliphatic carbocycles. The lowest BCUT2D eigenvalue weighted by Gasteiger charge is -2.32. The van der Waals surface area contributed by atoms with Crippen molar-refractivity contribution >= 4 is 17.9 Å². The normalized spacial score (nSPS) is 15.4. The molecule has 3 amide bonds. The first kappa shape index (κ1) is 13.3. The van der Waals surface area contributed by atoms with Crippen LogP contribution in [0.2, 0.25) is 0 Å². The van der Waals surface area contributed by atoms with Gasteiger partial charge >= 0.3 is 12.0 Å². The average Bonchev–Trinajstić information content (AvgIpc) is 2.29. The zero-order chi connectivity index (χ0) is 12.8. The van der Waals surface area contributed by atoms with Gasteiger partial charge in [0.15, 0.2) is 0 Å². The van der Waals surface area contributed by atoms with Crippen LogP contribution >= 0.6 is 0 Å². The van der Waals surface area contributed by atoms with E-state index in [2.05, 4.69) is 5.32 Å². The summed E-state index contributed by atoms with van der Waals surface area (Å²) >= 11 is 0. The van der Waals surface area contributed by atoms with E-state index in [9.17, 15) is 14.4 Å².